The predicted molar refractivity (Wildman–Crippen MR) is 82.3 cm³/mol. The zero-order valence-corrected chi connectivity index (χ0v) is 11.9. The maximum absolute atomic E-state index is 9.97. The third-order valence-corrected chi connectivity index (χ3v) is 3.66. The van der Waals surface area contributed by atoms with E-state index in [1.54, 1.807) is 18.2 Å². The van der Waals surface area contributed by atoms with Crippen molar-refractivity contribution in [3.8, 4) is 5.75 Å². The van der Waals surface area contributed by atoms with Gasteiger partial charge in [0.25, 0.3) is 0 Å². The first-order valence-corrected chi connectivity index (χ1v) is 6.78. The summed E-state index contributed by atoms with van der Waals surface area (Å²) in [5, 5.41) is 19.3. The number of nitrogens with zero attached hydrogens (tertiary/aromatic N) is 2. The minimum absolute atomic E-state index is 0.0421. The second kappa shape index (κ2) is 5.27. The van der Waals surface area contributed by atoms with Gasteiger partial charge in [-0.15, -0.1) is 0 Å². The van der Waals surface area contributed by atoms with Gasteiger partial charge < -0.3 is 5.11 Å². The Hall–Kier alpha value is -1.84. The topological polar surface area (TPSA) is 45.0 Å². The van der Waals surface area contributed by atoms with Crippen molar-refractivity contribution in [1.29, 1.82) is 0 Å². The van der Waals surface area contributed by atoms with Crippen molar-refractivity contribution in [2.75, 3.05) is 0 Å². The Kier molecular flexibility index (Phi) is 3.47. The molecule has 0 unspecified atom stereocenters. The fraction of sp³-hybridized carbons (Fsp3) is 0.0667. The molecule has 5 heteroatoms. The molecule has 2 aromatic rings. The highest BCUT2D eigenvalue weighted by Gasteiger charge is 2.19. The van der Waals surface area contributed by atoms with E-state index in [-0.39, 0.29) is 5.75 Å². The molecule has 0 spiro atoms. The molecule has 0 radical (unpaired) electrons. The van der Waals surface area contributed by atoms with E-state index in [0.717, 1.165) is 11.3 Å². The van der Waals surface area contributed by atoms with E-state index in [4.69, 9.17) is 23.2 Å². The van der Waals surface area contributed by atoms with E-state index in [2.05, 4.69) is 10.2 Å². The van der Waals surface area contributed by atoms with Gasteiger partial charge in [0.1, 0.15) is 5.75 Å². The molecular formula is C15H10Cl2N2O. The third kappa shape index (κ3) is 2.42. The molecule has 0 atom stereocenters. The van der Waals surface area contributed by atoms with E-state index in [9.17, 15) is 5.11 Å². The van der Waals surface area contributed by atoms with Crippen molar-refractivity contribution in [3.63, 3.8) is 0 Å². The van der Waals surface area contributed by atoms with Crippen molar-refractivity contribution < 1.29 is 5.11 Å². The summed E-state index contributed by atoms with van der Waals surface area (Å²) in [6, 6.07) is 12.6. The van der Waals surface area contributed by atoms with Crippen LogP contribution in [0.4, 0.5) is 0 Å². The zero-order chi connectivity index (χ0) is 14.1. The van der Waals surface area contributed by atoms with Gasteiger partial charge in [-0.1, -0.05) is 41.4 Å². The van der Waals surface area contributed by atoms with Crippen molar-refractivity contribution in [1.82, 2.24) is 0 Å². The van der Waals surface area contributed by atoms with Crippen LogP contribution in [-0.4, -0.2) is 16.5 Å². The Morgan fingerprint density at radius 1 is 0.900 bits per heavy atom. The highest BCUT2D eigenvalue weighted by Crippen LogP contribution is 2.30. The Morgan fingerprint density at radius 3 is 2.35 bits per heavy atom. The number of phenols is 1. The van der Waals surface area contributed by atoms with Crippen LogP contribution >= 0.6 is 23.2 Å². The van der Waals surface area contributed by atoms with Crippen LogP contribution in [0.5, 0.6) is 5.75 Å². The van der Waals surface area contributed by atoms with Crippen LogP contribution < -0.4 is 0 Å². The van der Waals surface area contributed by atoms with Crippen LogP contribution in [0.15, 0.2) is 52.7 Å². The molecule has 0 saturated carbocycles. The number of phenolic OH excluding ortho intramolecular Hbond substituents is 1. The van der Waals surface area contributed by atoms with Crippen LogP contribution in [0.3, 0.4) is 0 Å². The van der Waals surface area contributed by atoms with E-state index in [1.165, 1.54) is 0 Å². The molecule has 100 valence electrons. The molecule has 1 heterocycles. The second-order valence-corrected chi connectivity index (χ2v) is 5.26. The van der Waals surface area contributed by atoms with Crippen molar-refractivity contribution in [3.05, 3.63) is 63.6 Å². The SMILES string of the molecule is Oc1c(Cl)cccc1C1=NN=C(c2ccc(Cl)cc2)C1. The molecule has 1 aliphatic rings. The fourth-order valence-corrected chi connectivity index (χ4v) is 2.35. The van der Waals surface area contributed by atoms with Crippen LogP contribution in [0, 0.1) is 0 Å². The molecule has 0 saturated heterocycles. The number of hydrogen-bond acceptors (Lipinski definition) is 3. The van der Waals surface area contributed by atoms with Crippen LogP contribution in [0.1, 0.15) is 17.5 Å². The second-order valence-electron chi connectivity index (χ2n) is 4.41. The van der Waals surface area contributed by atoms with E-state index in [0.29, 0.717) is 27.7 Å². The Morgan fingerprint density at radius 2 is 1.60 bits per heavy atom. The van der Waals surface area contributed by atoms with Crippen molar-refractivity contribution >= 4 is 34.6 Å². The average molecular weight is 305 g/mol. The normalized spacial score (nSPS) is 14.1. The smallest absolute Gasteiger partial charge is 0.143 e. The number of para-hydroxylation sites is 1. The summed E-state index contributed by atoms with van der Waals surface area (Å²) in [7, 11) is 0. The molecule has 1 aliphatic heterocycles. The quantitative estimate of drug-likeness (QED) is 0.883. The summed E-state index contributed by atoms with van der Waals surface area (Å²) >= 11 is 11.8. The number of halogens is 2. The molecule has 20 heavy (non-hydrogen) atoms. The van der Waals surface area contributed by atoms with Crippen LogP contribution in [0.25, 0.3) is 0 Å². The highest BCUT2D eigenvalue weighted by atomic mass is 35.5. The lowest BCUT2D eigenvalue weighted by molar-refractivity contribution is 0.474. The first kappa shape index (κ1) is 13.2. The third-order valence-electron chi connectivity index (χ3n) is 3.10. The summed E-state index contributed by atoms with van der Waals surface area (Å²) in [5.74, 6) is 0.0421. The van der Waals surface area contributed by atoms with Gasteiger partial charge in [0.05, 0.1) is 16.4 Å². The lowest BCUT2D eigenvalue weighted by atomic mass is 10.0. The van der Waals surface area contributed by atoms with Crippen molar-refractivity contribution in [2.24, 2.45) is 10.2 Å². The number of hydrogen-bond donors (Lipinski definition) is 1. The van der Waals surface area contributed by atoms with Gasteiger partial charge in [-0.2, -0.15) is 10.2 Å². The van der Waals surface area contributed by atoms with E-state index < -0.39 is 0 Å². The average Bonchev–Trinajstić information content (AvgIpc) is 2.92. The molecular weight excluding hydrogens is 295 g/mol. The Labute approximate surface area is 126 Å². The summed E-state index contributed by atoms with van der Waals surface area (Å²) in [6.07, 6.45) is 0.551. The summed E-state index contributed by atoms with van der Waals surface area (Å²) in [5.41, 5.74) is 3.13. The van der Waals surface area contributed by atoms with Gasteiger partial charge in [-0.05, 0) is 29.8 Å². The summed E-state index contributed by atoms with van der Waals surface area (Å²) in [4.78, 5) is 0. The summed E-state index contributed by atoms with van der Waals surface area (Å²) < 4.78 is 0. The number of benzene rings is 2. The first-order valence-electron chi connectivity index (χ1n) is 6.02. The van der Waals surface area contributed by atoms with Crippen molar-refractivity contribution in [2.45, 2.75) is 6.42 Å². The van der Waals surface area contributed by atoms with Gasteiger partial charge in [0.2, 0.25) is 0 Å². The predicted octanol–water partition coefficient (Wildman–Crippen LogP) is 4.30. The van der Waals surface area contributed by atoms with E-state index >= 15 is 0 Å². The Bertz CT molecular complexity index is 721. The van der Waals surface area contributed by atoms with E-state index in [1.807, 2.05) is 24.3 Å². The largest absolute Gasteiger partial charge is 0.506 e. The minimum atomic E-state index is 0.0421. The fourth-order valence-electron chi connectivity index (χ4n) is 2.05. The minimum Gasteiger partial charge on any atom is -0.506 e. The van der Waals surface area contributed by atoms with Gasteiger partial charge >= 0.3 is 0 Å². The highest BCUT2D eigenvalue weighted by molar-refractivity contribution is 6.33. The molecule has 3 rings (SSSR count). The molecule has 0 amide bonds. The molecule has 2 aromatic carbocycles. The zero-order valence-electron chi connectivity index (χ0n) is 10.3. The van der Waals surface area contributed by atoms with Crippen LogP contribution in [0.2, 0.25) is 10.0 Å². The molecule has 0 aromatic heterocycles. The molecule has 1 N–H and O–H groups in total. The van der Waals surface area contributed by atoms with Crippen LogP contribution in [-0.2, 0) is 0 Å². The van der Waals surface area contributed by atoms with Gasteiger partial charge in [-0.25, -0.2) is 0 Å². The summed E-state index contributed by atoms with van der Waals surface area (Å²) in [6.45, 7) is 0. The lowest BCUT2D eigenvalue weighted by Crippen LogP contribution is -2.05. The number of aromatic hydroxyl groups is 1. The van der Waals surface area contributed by atoms with Gasteiger partial charge in [0.15, 0.2) is 0 Å². The monoisotopic (exact) mass is 304 g/mol. The standard InChI is InChI=1S/C15H10Cl2N2O/c16-10-6-4-9(5-7-10)13-8-14(19-18-13)11-2-1-3-12(17)15(11)20/h1-7,20H,8H2. The molecule has 3 nitrogen and oxygen atoms in total. The molecule has 0 aliphatic carbocycles. The molecule has 0 fully saturated rings. The Balaban J connectivity index is 1.85. The maximum atomic E-state index is 9.97. The molecule has 0 bridgehead atoms. The van der Waals surface area contributed by atoms with Gasteiger partial charge in [-0.3, -0.25) is 0 Å². The lowest BCUT2D eigenvalue weighted by Gasteiger charge is -2.05. The van der Waals surface area contributed by atoms with Gasteiger partial charge in [0, 0.05) is 17.0 Å². The number of rotatable bonds is 2. The first-order chi connectivity index (χ1) is 9.65. The maximum Gasteiger partial charge on any atom is 0.143 e.